The number of carbonyl (C=O) groups excluding carboxylic acids is 3. The molecule has 106 valence electrons. The smallest absolute Gasteiger partial charge is 0.354 e. The van der Waals surface area contributed by atoms with Gasteiger partial charge in [-0.3, -0.25) is 9.59 Å². The van der Waals surface area contributed by atoms with Crippen LogP contribution in [0.1, 0.15) is 16.8 Å². The van der Waals surface area contributed by atoms with Gasteiger partial charge in [0.1, 0.15) is 0 Å². The molecule has 1 rings (SSSR count). The van der Waals surface area contributed by atoms with Gasteiger partial charge in [0.2, 0.25) is 0 Å². The summed E-state index contributed by atoms with van der Waals surface area (Å²) in [5.74, 6) is -1.98. The van der Waals surface area contributed by atoms with E-state index >= 15 is 0 Å². The number of esters is 2. The Morgan fingerprint density at radius 2 is 1.75 bits per heavy atom. The molecular formula is C13H14N2O5. The van der Waals surface area contributed by atoms with Crippen molar-refractivity contribution in [3.05, 3.63) is 35.9 Å². The second kappa shape index (κ2) is 7.67. The first-order chi connectivity index (χ1) is 9.58. The van der Waals surface area contributed by atoms with Gasteiger partial charge in [-0.05, 0) is 12.1 Å². The zero-order valence-electron chi connectivity index (χ0n) is 11.1. The summed E-state index contributed by atoms with van der Waals surface area (Å²) in [5, 5.41) is 3.60. The van der Waals surface area contributed by atoms with Gasteiger partial charge in [0.05, 0.1) is 20.6 Å². The molecule has 20 heavy (non-hydrogen) atoms. The van der Waals surface area contributed by atoms with Crippen LogP contribution < -0.4 is 5.43 Å². The summed E-state index contributed by atoms with van der Waals surface area (Å²) in [7, 11) is 2.33. The van der Waals surface area contributed by atoms with Gasteiger partial charge in [-0.15, -0.1) is 0 Å². The molecule has 0 heterocycles. The van der Waals surface area contributed by atoms with Gasteiger partial charge >= 0.3 is 11.9 Å². The molecule has 0 unspecified atom stereocenters. The number of amides is 1. The van der Waals surface area contributed by atoms with Crippen LogP contribution in [0.4, 0.5) is 0 Å². The number of hydrogen-bond donors (Lipinski definition) is 1. The van der Waals surface area contributed by atoms with E-state index < -0.39 is 24.3 Å². The normalized spacial score (nSPS) is 10.6. The lowest BCUT2D eigenvalue weighted by Crippen LogP contribution is -2.26. The Hall–Kier alpha value is -2.70. The summed E-state index contributed by atoms with van der Waals surface area (Å²) in [4.78, 5) is 34.3. The number of benzene rings is 1. The highest BCUT2D eigenvalue weighted by atomic mass is 16.5. The van der Waals surface area contributed by atoms with Crippen LogP contribution in [0.25, 0.3) is 0 Å². The van der Waals surface area contributed by atoms with Crippen molar-refractivity contribution in [2.24, 2.45) is 5.10 Å². The number of ether oxygens (including phenoxy) is 2. The number of nitrogens with one attached hydrogen (secondary N) is 1. The maximum atomic E-state index is 11.7. The van der Waals surface area contributed by atoms with Crippen LogP contribution in [-0.4, -0.2) is 37.8 Å². The van der Waals surface area contributed by atoms with E-state index in [2.05, 4.69) is 20.0 Å². The Labute approximate surface area is 115 Å². The number of hydrazone groups is 1. The third-order valence-corrected chi connectivity index (χ3v) is 2.29. The predicted molar refractivity (Wildman–Crippen MR) is 70.0 cm³/mol. The molecule has 1 N–H and O–H groups in total. The molecule has 7 heteroatoms. The van der Waals surface area contributed by atoms with Crippen molar-refractivity contribution in [3.63, 3.8) is 0 Å². The SMILES string of the molecule is COC(=O)C/C(=N\NC(=O)c1ccccc1)C(=O)OC. The van der Waals surface area contributed by atoms with Crippen molar-refractivity contribution in [2.75, 3.05) is 14.2 Å². The van der Waals surface area contributed by atoms with E-state index in [-0.39, 0.29) is 5.71 Å². The van der Waals surface area contributed by atoms with Gasteiger partial charge < -0.3 is 9.47 Å². The summed E-state index contributed by atoms with van der Waals surface area (Å²) >= 11 is 0. The Morgan fingerprint density at radius 1 is 1.10 bits per heavy atom. The Bertz CT molecular complexity index is 525. The lowest BCUT2D eigenvalue weighted by Gasteiger charge is -2.04. The summed E-state index contributed by atoms with van der Waals surface area (Å²) < 4.78 is 8.89. The van der Waals surface area contributed by atoms with Crippen LogP contribution in [0.3, 0.4) is 0 Å². The van der Waals surface area contributed by atoms with E-state index in [0.717, 1.165) is 7.11 Å². The number of methoxy groups -OCH3 is 2. The molecule has 0 spiro atoms. The molecule has 0 aliphatic rings. The fourth-order valence-corrected chi connectivity index (χ4v) is 1.26. The van der Waals surface area contributed by atoms with E-state index in [4.69, 9.17) is 0 Å². The zero-order valence-corrected chi connectivity index (χ0v) is 11.1. The van der Waals surface area contributed by atoms with Crippen LogP contribution in [0.2, 0.25) is 0 Å². The van der Waals surface area contributed by atoms with E-state index in [1.165, 1.54) is 7.11 Å². The molecule has 1 aromatic carbocycles. The maximum Gasteiger partial charge on any atom is 0.354 e. The van der Waals surface area contributed by atoms with Crippen LogP contribution in [0.15, 0.2) is 35.4 Å². The number of hydrogen-bond acceptors (Lipinski definition) is 6. The van der Waals surface area contributed by atoms with Crippen molar-refractivity contribution in [1.82, 2.24) is 5.43 Å². The molecule has 0 saturated carbocycles. The lowest BCUT2D eigenvalue weighted by molar-refractivity contribution is -0.140. The van der Waals surface area contributed by atoms with E-state index in [0.29, 0.717) is 5.56 Å². The highest BCUT2D eigenvalue weighted by molar-refractivity contribution is 6.39. The predicted octanol–water partition coefficient (Wildman–Crippen LogP) is 0.508. The Morgan fingerprint density at radius 3 is 2.30 bits per heavy atom. The average Bonchev–Trinajstić information content (AvgIpc) is 2.50. The number of nitrogens with zero attached hydrogens (tertiary/aromatic N) is 1. The van der Waals surface area contributed by atoms with Crippen molar-refractivity contribution in [3.8, 4) is 0 Å². The first kappa shape index (κ1) is 15.4. The quantitative estimate of drug-likeness (QED) is 0.481. The van der Waals surface area contributed by atoms with Crippen LogP contribution in [0.5, 0.6) is 0 Å². The van der Waals surface area contributed by atoms with Crippen molar-refractivity contribution in [2.45, 2.75) is 6.42 Å². The third kappa shape index (κ3) is 4.52. The minimum Gasteiger partial charge on any atom is -0.469 e. The van der Waals surface area contributed by atoms with Crippen molar-refractivity contribution >= 4 is 23.6 Å². The lowest BCUT2D eigenvalue weighted by atomic mass is 10.2. The standard InChI is InChI=1S/C13H14N2O5/c1-19-11(16)8-10(13(18)20-2)14-15-12(17)9-6-4-3-5-7-9/h3-7H,8H2,1-2H3,(H,15,17)/b14-10+. The molecule has 0 radical (unpaired) electrons. The number of carbonyl (C=O) groups is 3. The largest absolute Gasteiger partial charge is 0.469 e. The topological polar surface area (TPSA) is 94.1 Å². The molecule has 0 saturated heterocycles. The molecule has 1 aromatic rings. The molecular weight excluding hydrogens is 264 g/mol. The minimum absolute atomic E-state index is 0.247. The Balaban J connectivity index is 2.78. The van der Waals surface area contributed by atoms with Gasteiger partial charge in [0.25, 0.3) is 5.91 Å². The van der Waals surface area contributed by atoms with Crippen molar-refractivity contribution in [1.29, 1.82) is 0 Å². The molecule has 0 aliphatic carbocycles. The summed E-state index contributed by atoms with van der Waals surface area (Å²) in [6.07, 6.45) is -0.391. The highest BCUT2D eigenvalue weighted by Gasteiger charge is 2.17. The summed E-state index contributed by atoms with van der Waals surface area (Å²) in [6.45, 7) is 0. The third-order valence-electron chi connectivity index (χ3n) is 2.29. The molecule has 0 aromatic heterocycles. The second-order valence-electron chi connectivity index (χ2n) is 3.61. The van der Waals surface area contributed by atoms with E-state index in [9.17, 15) is 14.4 Å². The molecule has 0 fully saturated rings. The zero-order chi connectivity index (χ0) is 15.0. The monoisotopic (exact) mass is 278 g/mol. The molecule has 0 atom stereocenters. The highest BCUT2D eigenvalue weighted by Crippen LogP contribution is 1.98. The second-order valence-corrected chi connectivity index (χ2v) is 3.61. The van der Waals surface area contributed by atoms with Crippen LogP contribution >= 0.6 is 0 Å². The van der Waals surface area contributed by atoms with E-state index in [1.54, 1.807) is 30.3 Å². The van der Waals surface area contributed by atoms with Gasteiger partial charge in [0, 0.05) is 5.56 Å². The summed E-state index contributed by atoms with van der Waals surface area (Å²) in [5.41, 5.74) is 2.31. The Kier molecular flexibility index (Phi) is 5.89. The molecule has 7 nitrogen and oxygen atoms in total. The molecule has 1 amide bonds. The van der Waals surface area contributed by atoms with E-state index in [1.807, 2.05) is 0 Å². The fraction of sp³-hybridized carbons (Fsp3) is 0.231. The van der Waals surface area contributed by atoms with Crippen LogP contribution in [0, 0.1) is 0 Å². The van der Waals surface area contributed by atoms with Crippen molar-refractivity contribution < 1.29 is 23.9 Å². The van der Waals surface area contributed by atoms with Gasteiger partial charge in [-0.1, -0.05) is 18.2 Å². The van der Waals surface area contributed by atoms with Crippen LogP contribution in [-0.2, 0) is 19.1 Å². The minimum atomic E-state index is -0.816. The fourth-order valence-electron chi connectivity index (χ4n) is 1.26. The first-order valence-corrected chi connectivity index (χ1v) is 5.65. The maximum absolute atomic E-state index is 11.7. The number of rotatable bonds is 5. The molecule has 0 bridgehead atoms. The van der Waals surface area contributed by atoms with Gasteiger partial charge in [0.15, 0.2) is 5.71 Å². The summed E-state index contributed by atoms with van der Waals surface area (Å²) in [6, 6.07) is 8.31. The average molecular weight is 278 g/mol. The first-order valence-electron chi connectivity index (χ1n) is 5.65. The van der Waals surface area contributed by atoms with Gasteiger partial charge in [-0.2, -0.15) is 5.10 Å². The van der Waals surface area contributed by atoms with Gasteiger partial charge in [-0.25, -0.2) is 10.2 Å². The molecule has 0 aliphatic heterocycles.